The normalized spacial score (nSPS) is 11.4. The van der Waals surface area contributed by atoms with Gasteiger partial charge >= 0.3 is 5.88 Å². The van der Waals surface area contributed by atoms with Crippen molar-refractivity contribution in [3.8, 4) is 17.2 Å². The van der Waals surface area contributed by atoms with Gasteiger partial charge in [-0.05, 0) is 42.5 Å². The van der Waals surface area contributed by atoms with E-state index in [4.69, 9.17) is 20.8 Å². The summed E-state index contributed by atoms with van der Waals surface area (Å²) in [6.07, 6.45) is 1.82. The molecule has 0 spiro atoms. The van der Waals surface area contributed by atoms with Crippen molar-refractivity contribution in [2.45, 2.75) is 6.54 Å². The zero-order valence-corrected chi connectivity index (χ0v) is 16.3. The van der Waals surface area contributed by atoms with Gasteiger partial charge in [-0.1, -0.05) is 23.7 Å². The number of furan rings is 1. The summed E-state index contributed by atoms with van der Waals surface area (Å²) in [5.41, 5.74) is 2.51. The van der Waals surface area contributed by atoms with E-state index in [-0.39, 0.29) is 5.88 Å². The standard InChI is InChI=1S/C21H15ClN4O4/c22-14-5-7-15(8-6-14)29-12-11-24-17-3-1-2-4-18(17)25-13-16(23-21(24)25)19-9-10-20(30-19)26(27)28/h1-10,13H,11-12H2. The Balaban J connectivity index is 1.49. The predicted octanol–water partition coefficient (Wildman–Crippen LogP) is 5.19. The quantitative estimate of drug-likeness (QED) is 0.277. The number of nitro groups is 1. The Morgan fingerprint density at radius 1 is 1.07 bits per heavy atom. The molecule has 30 heavy (non-hydrogen) atoms. The number of hydrogen-bond acceptors (Lipinski definition) is 5. The van der Waals surface area contributed by atoms with Gasteiger partial charge in [-0.25, -0.2) is 4.98 Å². The zero-order valence-electron chi connectivity index (χ0n) is 15.6. The fraction of sp³-hybridized carbons (Fsp3) is 0.0952. The fourth-order valence-electron chi connectivity index (χ4n) is 3.43. The van der Waals surface area contributed by atoms with Crippen LogP contribution in [-0.4, -0.2) is 25.5 Å². The highest BCUT2D eigenvalue weighted by Crippen LogP contribution is 2.28. The lowest BCUT2D eigenvalue weighted by atomic mass is 10.3. The van der Waals surface area contributed by atoms with Gasteiger partial charge in [0.15, 0.2) is 5.76 Å². The maximum Gasteiger partial charge on any atom is 0.433 e. The molecule has 0 aliphatic carbocycles. The molecular formula is C21H15ClN4O4. The van der Waals surface area contributed by atoms with Crippen molar-refractivity contribution in [1.82, 2.24) is 14.0 Å². The van der Waals surface area contributed by atoms with Crippen LogP contribution in [0.15, 0.2) is 71.3 Å². The van der Waals surface area contributed by atoms with Crippen LogP contribution in [0.2, 0.25) is 5.02 Å². The van der Waals surface area contributed by atoms with Crippen LogP contribution >= 0.6 is 11.6 Å². The SMILES string of the molecule is O=[N+]([O-])c1ccc(-c2cn3c4ccccc4n(CCOc4ccc(Cl)cc4)c3n2)o1. The van der Waals surface area contributed by atoms with Gasteiger partial charge in [-0.2, -0.15) is 0 Å². The van der Waals surface area contributed by atoms with Crippen LogP contribution in [0.1, 0.15) is 0 Å². The molecule has 8 nitrogen and oxygen atoms in total. The highest BCUT2D eigenvalue weighted by molar-refractivity contribution is 6.30. The molecule has 150 valence electrons. The summed E-state index contributed by atoms with van der Waals surface area (Å²) in [6, 6.07) is 18.0. The van der Waals surface area contributed by atoms with Gasteiger partial charge in [-0.15, -0.1) is 0 Å². The van der Waals surface area contributed by atoms with E-state index < -0.39 is 4.92 Å². The molecule has 3 heterocycles. The molecule has 2 aromatic carbocycles. The second kappa shape index (κ2) is 7.23. The topological polar surface area (TPSA) is 87.7 Å². The van der Waals surface area contributed by atoms with Crippen molar-refractivity contribution in [1.29, 1.82) is 0 Å². The minimum atomic E-state index is -0.566. The lowest BCUT2D eigenvalue weighted by Crippen LogP contribution is -2.08. The molecule has 0 fully saturated rings. The summed E-state index contributed by atoms with van der Waals surface area (Å²) in [4.78, 5) is 15.0. The van der Waals surface area contributed by atoms with Gasteiger partial charge < -0.3 is 13.7 Å². The van der Waals surface area contributed by atoms with E-state index in [0.717, 1.165) is 16.8 Å². The molecular weight excluding hydrogens is 408 g/mol. The molecule has 5 rings (SSSR count). The number of aromatic nitrogens is 3. The van der Waals surface area contributed by atoms with Crippen LogP contribution in [0.25, 0.3) is 28.3 Å². The first-order valence-corrected chi connectivity index (χ1v) is 9.57. The van der Waals surface area contributed by atoms with Crippen molar-refractivity contribution in [3.63, 3.8) is 0 Å². The van der Waals surface area contributed by atoms with Crippen molar-refractivity contribution in [3.05, 3.63) is 82.0 Å². The molecule has 0 atom stereocenters. The number of rotatable bonds is 6. The van der Waals surface area contributed by atoms with Crippen LogP contribution in [0, 0.1) is 10.1 Å². The Bertz CT molecular complexity index is 1370. The van der Waals surface area contributed by atoms with Crippen molar-refractivity contribution in [2.24, 2.45) is 0 Å². The number of benzene rings is 2. The first kappa shape index (κ1) is 18.3. The summed E-state index contributed by atoms with van der Waals surface area (Å²) in [5.74, 6) is 1.47. The Kier molecular flexibility index (Phi) is 4.40. The van der Waals surface area contributed by atoms with Crippen LogP contribution in [0.5, 0.6) is 5.75 Å². The summed E-state index contributed by atoms with van der Waals surface area (Å²) < 4.78 is 15.1. The third-order valence-electron chi connectivity index (χ3n) is 4.78. The van der Waals surface area contributed by atoms with E-state index in [2.05, 4.69) is 4.98 Å². The Labute approximate surface area is 175 Å². The molecule has 0 amide bonds. The Morgan fingerprint density at radius 2 is 1.83 bits per heavy atom. The second-order valence-corrected chi connectivity index (χ2v) is 7.07. The monoisotopic (exact) mass is 422 g/mol. The Morgan fingerprint density at radius 3 is 2.57 bits per heavy atom. The van der Waals surface area contributed by atoms with Gasteiger partial charge in [0, 0.05) is 11.2 Å². The average molecular weight is 423 g/mol. The number of para-hydroxylation sites is 2. The highest BCUT2D eigenvalue weighted by Gasteiger charge is 2.19. The molecule has 3 aromatic heterocycles. The third-order valence-corrected chi connectivity index (χ3v) is 5.03. The van der Waals surface area contributed by atoms with E-state index in [1.807, 2.05) is 51.6 Å². The van der Waals surface area contributed by atoms with E-state index in [1.54, 1.807) is 18.2 Å². The number of imidazole rings is 2. The minimum absolute atomic E-state index is 0.313. The summed E-state index contributed by atoms with van der Waals surface area (Å²) >= 11 is 5.91. The van der Waals surface area contributed by atoms with E-state index in [9.17, 15) is 10.1 Å². The van der Waals surface area contributed by atoms with Gasteiger partial charge in [0.05, 0.1) is 23.6 Å². The fourth-order valence-corrected chi connectivity index (χ4v) is 3.56. The maximum atomic E-state index is 10.9. The van der Waals surface area contributed by atoms with E-state index in [1.165, 1.54) is 6.07 Å². The lowest BCUT2D eigenvalue weighted by Gasteiger charge is -2.08. The number of nitrogens with zero attached hydrogens (tertiary/aromatic N) is 4. The van der Waals surface area contributed by atoms with Crippen LogP contribution in [0.3, 0.4) is 0 Å². The van der Waals surface area contributed by atoms with Crippen molar-refractivity contribution >= 4 is 34.3 Å². The third kappa shape index (κ3) is 3.17. The molecule has 0 saturated heterocycles. The van der Waals surface area contributed by atoms with Crippen LogP contribution in [0.4, 0.5) is 5.88 Å². The van der Waals surface area contributed by atoms with E-state index in [0.29, 0.717) is 35.4 Å². The molecule has 0 bridgehead atoms. The highest BCUT2D eigenvalue weighted by atomic mass is 35.5. The first-order valence-electron chi connectivity index (χ1n) is 9.19. The van der Waals surface area contributed by atoms with Gasteiger partial charge in [0.25, 0.3) is 0 Å². The van der Waals surface area contributed by atoms with Crippen LogP contribution in [-0.2, 0) is 6.54 Å². The number of hydrogen-bond donors (Lipinski definition) is 0. The molecule has 0 saturated carbocycles. The summed E-state index contributed by atoms with van der Waals surface area (Å²) in [7, 11) is 0. The number of halogens is 1. The number of ether oxygens (including phenoxy) is 1. The van der Waals surface area contributed by atoms with Gasteiger partial charge in [0.2, 0.25) is 5.78 Å². The molecule has 9 heteroatoms. The Hall–Kier alpha value is -3.78. The molecule has 5 aromatic rings. The molecule has 0 aliphatic rings. The van der Waals surface area contributed by atoms with Crippen molar-refractivity contribution in [2.75, 3.05) is 6.61 Å². The van der Waals surface area contributed by atoms with Gasteiger partial charge in [0.1, 0.15) is 23.0 Å². The lowest BCUT2D eigenvalue weighted by molar-refractivity contribution is -0.401. The predicted molar refractivity (Wildman–Crippen MR) is 112 cm³/mol. The summed E-state index contributed by atoms with van der Waals surface area (Å²) in [5, 5.41) is 11.6. The van der Waals surface area contributed by atoms with E-state index >= 15 is 0 Å². The van der Waals surface area contributed by atoms with Crippen LogP contribution < -0.4 is 4.74 Å². The van der Waals surface area contributed by atoms with Crippen molar-refractivity contribution < 1.29 is 14.1 Å². The average Bonchev–Trinajstić information content (AvgIpc) is 3.45. The first-order chi connectivity index (χ1) is 14.6. The van der Waals surface area contributed by atoms with Gasteiger partial charge in [-0.3, -0.25) is 14.5 Å². The minimum Gasteiger partial charge on any atom is -0.492 e. The zero-order chi connectivity index (χ0) is 20.7. The smallest absolute Gasteiger partial charge is 0.433 e. The maximum absolute atomic E-state index is 10.9. The summed E-state index contributed by atoms with van der Waals surface area (Å²) in [6.45, 7) is 0.999. The molecule has 0 radical (unpaired) electrons. The largest absolute Gasteiger partial charge is 0.492 e. The second-order valence-electron chi connectivity index (χ2n) is 6.63. The number of fused-ring (bicyclic) bond motifs is 3. The molecule has 0 N–H and O–H groups in total. The molecule has 0 unspecified atom stereocenters. The molecule has 0 aliphatic heterocycles.